The number of nitrogens with one attached hydrogen (secondary N) is 1. The van der Waals surface area contributed by atoms with Gasteiger partial charge in [-0.25, -0.2) is 9.37 Å². The van der Waals surface area contributed by atoms with Gasteiger partial charge in [-0.3, -0.25) is 0 Å². The first-order chi connectivity index (χ1) is 15.9. The molecule has 3 heterocycles. The molecule has 1 aliphatic heterocycles. The molecule has 184 valence electrons. The highest BCUT2D eigenvalue weighted by Crippen LogP contribution is 2.44. The summed E-state index contributed by atoms with van der Waals surface area (Å²) in [7, 11) is 0. The van der Waals surface area contributed by atoms with E-state index in [0.717, 1.165) is 31.7 Å². The van der Waals surface area contributed by atoms with E-state index in [-0.39, 0.29) is 5.69 Å². The number of halogens is 4. The van der Waals surface area contributed by atoms with E-state index in [2.05, 4.69) is 14.9 Å². The van der Waals surface area contributed by atoms with Gasteiger partial charge in [-0.05, 0) is 79.5 Å². The first kappa shape index (κ1) is 24.5. The van der Waals surface area contributed by atoms with Crippen molar-refractivity contribution in [3.63, 3.8) is 0 Å². The van der Waals surface area contributed by atoms with Crippen LogP contribution in [0.3, 0.4) is 0 Å². The van der Waals surface area contributed by atoms with Gasteiger partial charge < -0.3 is 15.0 Å². The van der Waals surface area contributed by atoms with E-state index >= 15 is 0 Å². The fourth-order valence-corrected chi connectivity index (χ4v) is 5.18. The lowest BCUT2D eigenvalue weighted by Crippen LogP contribution is -2.51. The van der Waals surface area contributed by atoms with Crippen LogP contribution in [0.4, 0.5) is 23.4 Å². The summed E-state index contributed by atoms with van der Waals surface area (Å²) >= 11 is 0. The molecule has 0 amide bonds. The molecule has 8 heteroatoms. The Hall–Kier alpha value is -2.61. The number of pyridine rings is 1. The molecule has 1 aromatic carbocycles. The number of nitrogens with zero attached hydrogens (tertiary/aromatic N) is 2. The van der Waals surface area contributed by atoms with Gasteiger partial charge in [0.05, 0.1) is 11.0 Å². The number of aryl methyl sites for hydroxylation is 1. The minimum absolute atomic E-state index is 0.255. The van der Waals surface area contributed by atoms with Gasteiger partial charge in [-0.2, -0.15) is 13.2 Å². The molecule has 0 spiro atoms. The van der Waals surface area contributed by atoms with Crippen molar-refractivity contribution in [3.05, 3.63) is 59.0 Å². The number of piperidine rings is 1. The van der Waals surface area contributed by atoms with Gasteiger partial charge in [-0.1, -0.05) is 19.9 Å². The number of aliphatic hydroxyl groups is 1. The number of rotatable bonds is 6. The molecule has 1 aliphatic rings. The predicted octanol–water partition coefficient (Wildman–Crippen LogP) is 6.20. The predicted molar refractivity (Wildman–Crippen MR) is 126 cm³/mol. The van der Waals surface area contributed by atoms with E-state index in [1.165, 1.54) is 18.6 Å². The van der Waals surface area contributed by atoms with Crippen molar-refractivity contribution in [2.45, 2.75) is 70.1 Å². The molecule has 1 fully saturated rings. The Balaban J connectivity index is 1.63. The molecule has 4 nitrogen and oxygen atoms in total. The van der Waals surface area contributed by atoms with Crippen LogP contribution >= 0.6 is 0 Å². The number of aromatic nitrogens is 2. The van der Waals surface area contributed by atoms with Gasteiger partial charge in [-0.15, -0.1) is 0 Å². The lowest BCUT2D eigenvalue weighted by Gasteiger charge is -2.38. The molecule has 2 N–H and O–H groups in total. The number of aromatic amines is 1. The SMILES string of the molecule is Cc1ccc(F)cc1C(C)(C)CC(O)(Cc1cc2nc(N3CCCCC3)ccc2[nH]1)C(F)(F)F. The molecule has 3 aromatic rings. The number of benzene rings is 1. The maximum absolute atomic E-state index is 14.2. The van der Waals surface area contributed by atoms with E-state index in [4.69, 9.17) is 0 Å². The van der Waals surface area contributed by atoms with Crippen molar-refractivity contribution >= 4 is 16.9 Å². The zero-order valence-electron chi connectivity index (χ0n) is 19.8. The number of anilines is 1. The summed E-state index contributed by atoms with van der Waals surface area (Å²) in [5.41, 5.74) is -1.56. The quantitative estimate of drug-likeness (QED) is 0.416. The van der Waals surface area contributed by atoms with Crippen LogP contribution in [-0.2, 0) is 11.8 Å². The Kier molecular flexibility index (Phi) is 6.40. The molecule has 1 atom stereocenters. The average molecular weight is 478 g/mol. The molecule has 0 saturated carbocycles. The van der Waals surface area contributed by atoms with Crippen molar-refractivity contribution in [2.24, 2.45) is 0 Å². The van der Waals surface area contributed by atoms with Crippen LogP contribution in [0.25, 0.3) is 11.0 Å². The largest absolute Gasteiger partial charge is 0.417 e. The van der Waals surface area contributed by atoms with Crippen molar-refractivity contribution in [1.29, 1.82) is 0 Å². The van der Waals surface area contributed by atoms with Crippen LogP contribution in [0.2, 0.25) is 0 Å². The van der Waals surface area contributed by atoms with E-state index in [1.54, 1.807) is 32.9 Å². The summed E-state index contributed by atoms with van der Waals surface area (Å²) in [6.07, 6.45) is -2.77. The molecule has 0 aliphatic carbocycles. The van der Waals surface area contributed by atoms with Crippen molar-refractivity contribution < 1.29 is 22.7 Å². The Bertz CT molecular complexity index is 1160. The molecule has 2 aromatic heterocycles. The maximum Gasteiger partial charge on any atom is 0.417 e. The monoisotopic (exact) mass is 477 g/mol. The van der Waals surface area contributed by atoms with Crippen LogP contribution in [0.1, 0.15) is 56.4 Å². The van der Waals surface area contributed by atoms with Crippen LogP contribution in [0.5, 0.6) is 0 Å². The Morgan fingerprint density at radius 1 is 1.03 bits per heavy atom. The molecular formula is C26H31F4N3O. The van der Waals surface area contributed by atoms with Crippen LogP contribution in [-0.4, -0.2) is 39.9 Å². The van der Waals surface area contributed by atoms with Gasteiger partial charge in [0.1, 0.15) is 11.6 Å². The molecule has 1 saturated heterocycles. The number of alkyl halides is 3. The fraction of sp³-hybridized carbons (Fsp3) is 0.500. The van der Waals surface area contributed by atoms with Gasteiger partial charge in [0.25, 0.3) is 0 Å². The lowest BCUT2D eigenvalue weighted by atomic mass is 9.72. The van der Waals surface area contributed by atoms with Crippen molar-refractivity contribution in [3.8, 4) is 0 Å². The van der Waals surface area contributed by atoms with E-state index < -0.39 is 35.9 Å². The van der Waals surface area contributed by atoms with Crippen molar-refractivity contribution in [2.75, 3.05) is 18.0 Å². The molecule has 1 unspecified atom stereocenters. The summed E-state index contributed by atoms with van der Waals surface area (Å²) < 4.78 is 56.5. The third-order valence-electron chi connectivity index (χ3n) is 6.87. The standard InChI is InChI=1S/C26H31F4N3O/c1-17-7-8-18(27)13-20(17)24(2,3)16-25(34,26(28,29)30)15-19-14-22-21(31-19)9-10-23(32-22)33-11-5-4-6-12-33/h7-10,13-14,31,34H,4-6,11-12,15-16H2,1-3H3. The number of hydrogen-bond acceptors (Lipinski definition) is 3. The summed E-state index contributed by atoms with van der Waals surface area (Å²) in [5.74, 6) is 0.293. The second-order valence-electron chi connectivity index (χ2n) is 10.2. The molecule has 34 heavy (non-hydrogen) atoms. The maximum atomic E-state index is 14.2. The van der Waals surface area contributed by atoms with Crippen LogP contribution < -0.4 is 4.90 Å². The number of hydrogen-bond donors (Lipinski definition) is 2. The lowest BCUT2D eigenvalue weighted by molar-refractivity contribution is -0.266. The number of H-pyrrole nitrogens is 1. The zero-order chi connectivity index (χ0) is 24.7. The van der Waals surface area contributed by atoms with Gasteiger partial charge in [0.15, 0.2) is 5.60 Å². The Morgan fingerprint density at radius 3 is 2.41 bits per heavy atom. The Labute approximate surface area is 197 Å². The summed E-state index contributed by atoms with van der Waals surface area (Å²) in [4.78, 5) is 9.83. The van der Waals surface area contributed by atoms with Gasteiger partial charge in [0.2, 0.25) is 0 Å². The molecular weight excluding hydrogens is 446 g/mol. The molecule has 4 rings (SSSR count). The highest BCUT2D eigenvalue weighted by atomic mass is 19.4. The third kappa shape index (κ3) is 4.92. The normalized spacial score (nSPS) is 17.2. The third-order valence-corrected chi connectivity index (χ3v) is 6.87. The smallest absolute Gasteiger partial charge is 0.380 e. The summed E-state index contributed by atoms with van der Waals surface area (Å²) in [6.45, 7) is 6.76. The zero-order valence-corrected chi connectivity index (χ0v) is 19.8. The second kappa shape index (κ2) is 8.87. The minimum atomic E-state index is -4.88. The number of fused-ring (bicyclic) bond motifs is 1. The highest BCUT2D eigenvalue weighted by molar-refractivity contribution is 5.78. The van der Waals surface area contributed by atoms with Gasteiger partial charge in [0, 0.05) is 25.2 Å². The minimum Gasteiger partial charge on any atom is -0.380 e. The van der Waals surface area contributed by atoms with Gasteiger partial charge >= 0.3 is 6.18 Å². The van der Waals surface area contributed by atoms with Crippen LogP contribution in [0.15, 0.2) is 36.4 Å². The Morgan fingerprint density at radius 2 is 1.74 bits per heavy atom. The second-order valence-corrected chi connectivity index (χ2v) is 10.2. The van der Waals surface area contributed by atoms with E-state index in [9.17, 15) is 22.7 Å². The topological polar surface area (TPSA) is 52.2 Å². The fourth-order valence-electron chi connectivity index (χ4n) is 5.18. The molecule has 0 radical (unpaired) electrons. The van der Waals surface area contributed by atoms with Crippen molar-refractivity contribution in [1.82, 2.24) is 9.97 Å². The summed E-state index contributed by atoms with van der Waals surface area (Å²) in [5, 5.41) is 11.0. The first-order valence-corrected chi connectivity index (χ1v) is 11.7. The summed E-state index contributed by atoms with van der Waals surface area (Å²) in [6, 6.07) is 9.35. The molecule has 0 bridgehead atoms. The average Bonchev–Trinajstić information content (AvgIpc) is 3.15. The highest BCUT2D eigenvalue weighted by Gasteiger charge is 2.56. The van der Waals surface area contributed by atoms with E-state index in [0.29, 0.717) is 22.2 Å². The van der Waals surface area contributed by atoms with Crippen LogP contribution in [0, 0.1) is 12.7 Å². The van der Waals surface area contributed by atoms with E-state index in [1.807, 2.05) is 12.1 Å². The first-order valence-electron chi connectivity index (χ1n) is 11.7.